The predicted molar refractivity (Wildman–Crippen MR) is 227 cm³/mol. The minimum absolute atomic E-state index is 0.0110. The molecule has 2 aliphatic rings. The zero-order valence-corrected chi connectivity index (χ0v) is 35.3. The lowest BCUT2D eigenvalue weighted by Gasteiger charge is -2.23. The van der Waals surface area contributed by atoms with Gasteiger partial charge in [0.1, 0.15) is 29.0 Å². The first-order chi connectivity index (χ1) is 29.5. The maximum Gasteiger partial charge on any atom is 0.231 e. The zero-order valence-electron chi connectivity index (χ0n) is 33.7. The summed E-state index contributed by atoms with van der Waals surface area (Å²) in [5.74, 6) is 1.58. The second-order valence-electron chi connectivity index (χ2n) is 14.3. The quantitative estimate of drug-likeness (QED) is 0.136. The molecule has 0 saturated heterocycles. The molecule has 8 rings (SSSR count). The van der Waals surface area contributed by atoms with Gasteiger partial charge in [-0.05, 0) is 48.4 Å². The second kappa shape index (κ2) is 16.2. The van der Waals surface area contributed by atoms with Gasteiger partial charge in [-0.15, -0.1) is 0 Å². The van der Waals surface area contributed by atoms with E-state index in [4.69, 9.17) is 18.9 Å². The Labute approximate surface area is 355 Å². The number of carbonyl (C=O) groups excluding carboxylic acids is 2. The number of ether oxygens (including phenoxy) is 4. The van der Waals surface area contributed by atoms with E-state index in [9.17, 15) is 26.4 Å². The molecule has 62 heavy (non-hydrogen) atoms. The summed E-state index contributed by atoms with van der Waals surface area (Å²) in [6.07, 6.45) is 6.60. The van der Waals surface area contributed by atoms with Crippen molar-refractivity contribution in [2.75, 3.05) is 46.9 Å². The van der Waals surface area contributed by atoms with Crippen molar-refractivity contribution in [1.29, 1.82) is 0 Å². The van der Waals surface area contributed by atoms with Crippen molar-refractivity contribution < 1.29 is 45.4 Å². The molecular weight excluding hydrogens is 843 g/mol. The van der Waals surface area contributed by atoms with Crippen molar-refractivity contribution in [3.05, 3.63) is 90.4 Å². The molecule has 0 spiro atoms. The summed E-state index contributed by atoms with van der Waals surface area (Å²) in [5, 5.41) is 8.61. The van der Waals surface area contributed by atoms with Gasteiger partial charge in [0.2, 0.25) is 25.4 Å². The number of aromatic nitrogens is 5. The van der Waals surface area contributed by atoms with Crippen LogP contribution in [0.3, 0.4) is 0 Å². The van der Waals surface area contributed by atoms with E-state index < -0.39 is 25.6 Å². The normalized spacial score (nSPS) is 12.8. The second-order valence-corrected chi connectivity index (χ2v) is 18.2. The van der Waals surface area contributed by atoms with E-state index in [1.165, 1.54) is 49.5 Å². The van der Waals surface area contributed by atoms with Crippen LogP contribution in [0.1, 0.15) is 25.0 Å². The first-order valence-electron chi connectivity index (χ1n) is 18.6. The summed E-state index contributed by atoms with van der Waals surface area (Å²) in [5.41, 5.74) is 3.56. The number of benzene rings is 1. The third-order valence-electron chi connectivity index (χ3n) is 9.42. The van der Waals surface area contributed by atoms with Crippen LogP contribution in [0.5, 0.6) is 23.0 Å². The molecule has 3 N–H and O–H groups in total. The largest absolute Gasteiger partial charge is 0.454 e. The van der Waals surface area contributed by atoms with Crippen LogP contribution in [0.25, 0.3) is 22.4 Å². The third-order valence-corrected chi connectivity index (χ3v) is 11.4. The van der Waals surface area contributed by atoms with Crippen LogP contribution in [0, 0.1) is 6.92 Å². The molecule has 2 aliphatic heterocycles. The van der Waals surface area contributed by atoms with E-state index in [0.717, 1.165) is 12.5 Å². The number of nitrogens with zero attached hydrogens (tertiary/aromatic N) is 6. The highest BCUT2D eigenvalue weighted by molar-refractivity contribution is 7.90. The van der Waals surface area contributed by atoms with Gasteiger partial charge >= 0.3 is 0 Å². The Morgan fingerprint density at radius 2 is 1.34 bits per heavy atom. The summed E-state index contributed by atoms with van der Waals surface area (Å²) < 4.78 is 73.9. The van der Waals surface area contributed by atoms with Gasteiger partial charge in [0, 0.05) is 79.8 Å². The van der Waals surface area contributed by atoms with Crippen LogP contribution in [-0.2, 0) is 35.8 Å². The number of aryl methyl sites for hydroxylation is 1. The van der Waals surface area contributed by atoms with E-state index >= 15 is 0 Å². The fourth-order valence-electron chi connectivity index (χ4n) is 6.68. The highest BCUT2D eigenvalue weighted by Crippen LogP contribution is 2.45. The van der Waals surface area contributed by atoms with Crippen molar-refractivity contribution in [2.24, 2.45) is 0 Å². The Bertz CT molecular complexity index is 3040. The summed E-state index contributed by atoms with van der Waals surface area (Å²) in [7, 11) is -7.61. The fourth-order valence-corrected chi connectivity index (χ4v) is 7.98. The van der Waals surface area contributed by atoms with E-state index in [1.54, 1.807) is 55.5 Å². The van der Waals surface area contributed by atoms with E-state index in [2.05, 4.69) is 40.9 Å². The van der Waals surface area contributed by atoms with Gasteiger partial charge in [-0.2, -0.15) is 0 Å². The molecule has 6 aromatic rings. The number of pyridine rings is 5. The lowest BCUT2D eigenvalue weighted by atomic mass is 10.0. The maximum absolute atomic E-state index is 13.5. The Balaban J connectivity index is 1.21. The first-order valence-corrected chi connectivity index (χ1v) is 22.4. The van der Waals surface area contributed by atoms with Gasteiger partial charge in [0.15, 0.2) is 52.7 Å². The predicted octanol–water partition coefficient (Wildman–Crippen LogP) is 5.57. The standard InChI is InChI=1S/C41H37N9O10S2/c1-22-11-34(48-37(12-22)61(4,53)54)47-30-16-36(44-18-28(30)39-41-32(9-10-42-39)58-21-60-41)50(24(3)52)19-25-13-35(49-38(14-25)62(5,55)56)46-29-15-33(45-23(2)51)43-17-27(29)26-7-6-8-31-40(26)59-20-57-31/h6-18H,19-21H2,1-5H3,(H,44,47,48)(H2,43,45,46,49,51). The molecule has 7 heterocycles. The number of anilines is 6. The topological polar surface area (TPSA) is 243 Å². The van der Waals surface area contributed by atoms with Crippen LogP contribution in [0.15, 0.2) is 89.3 Å². The van der Waals surface area contributed by atoms with Crippen LogP contribution < -0.4 is 39.8 Å². The molecule has 0 unspecified atom stereocenters. The van der Waals surface area contributed by atoms with E-state index in [0.29, 0.717) is 67.9 Å². The first kappa shape index (κ1) is 41.3. The van der Waals surface area contributed by atoms with Gasteiger partial charge in [-0.1, -0.05) is 12.1 Å². The molecule has 1 aromatic carbocycles. The smallest absolute Gasteiger partial charge is 0.231 e. The Hall–Kier alpha value is -7.39. The van der Waals surface area contributed by atoms with Gasteiger partial charge in [-0.3, -0.25) is 19.5 Å². The number of hydrogen-bond acceptors (Lipinski definition) is 17. The number of amides is 2. The molecule has 0 saturated carbocycles. The SMILES string of the molecule is CC(=O)Nc1cc(Nc2cc(CN(C(C)=O)c3cc(Nc4cc(C)cc(S(C)(=O)=O)n4)c(-c4nccc5c4OCO5)cn3)cc(S(C)(=O)=O)n2)c(-c2cccc3c2OCO3)cn1. The molecular formula is C41H37N9O10S2. The number of nitrogens with one attached hydrogen (secondary N) is 3. The summed E-state index contributed by atoms with van der Waals surface area (Å²) in [6, 6.07) is 16.1. The number of carbonyl (C=O) groups is 2. The molecule has 0 radical (unpaired) electrons. The highest BCUT2D eigenvalue weighted by atomic mass is 32.2. The lowest BCUT2D eigenvalue weighted by Crippen LogP contribution is -2.29. The van der Waals surface area contributed by atoms with Gasteiger partial charge < -0.3 is 34.9 Å². The van der Waals surface area contributed by atoms with Crippen molar-refractivity contribution in [2.45, 2.75) is 37.4 Å². The molecule has 0 fully saturated rings. The zero-order chi connectivity index (χ0) is 43.9. The highest BCUT2D eigenvalue weighted by Gasteiger charge is 2.26. The number of fused-ring (bicyclic) bond motifs is 2. The maximum atomic E-state index is 13.5. The lowest BCUT2D eigenvalue weighted by molar-refractivity contribution is -0.117. The molecule has 0 aliphatic carbocycles. The third kappa shape index (κ3) is 8.74. The minimum Gasteiger partial charge on any atom is -0.454 e. The van der Waals surface area contributed by atoms with Crippen molar-refractivity contribution >= 4 is 66.1 Å². The summed E-state index contributed by atoms with van der Waals surface area (Å²) in [6.45, 7) is 4.19. The average molecular weight is 880 g/mol. The number of sulfone groups is 2. The van der Waals surface area contributed by atoms with Crippen LogP contribution in [0.2, 0.25) is 0 Å². The van der Waals surface area contributed by atoms with Gasteiger partial charge in [0.05, 0.1) is 17.9 Å². The molecule has 0 atom stereocenters. The fraction of sp³-hybridized carbons (Fsp3) is 0.195. The van der Waals surface area contributed by atoms with E-state index in [-0.39, 0.29) is 59.4 Å². The van der Waals surface area contributed by atoms with Crippen LogP contribution in [-0.4, -0.2) is 79.7 Å². The van der Waals surface area contributed by atoms with Gasteiger partial charge in [0.25, 0.3) is 0 Å². The van der Waals surface area contributed by atoms with Crippen molar-refractivity contribution in [3.8, 4) is 45.4 Å². The Kier molecular flexibility index (Phi) is 10.8. The molecule has 21 heteroatoms. The molecule has 5 aromatic heterocycles. The summed E-state index contributed by atoms with van der Waals surface area (Å²) >= 11 is 0. The monoisotopic (exact) mass is 879 g/mol. The summed E-state index contributed by atoms with van der Waals surface area (Å²) in [4.78, 5) is 49.2. The van der Waals surface area contributed by atoms with Crippen LogP contribution >= 0.6 is 0 Å². The molecule has 0 bridgehead atoms. The van der Waals surface area contributed by atoms with Crippen molar-refractivity contribution in [3.63, 3.8) is 0 Å². The van der Waals surface area contributed by atoms with E-state index in [1.807, 2.05) is 0 Å². The minimum atomic E-state index is -3.92. The van der Waals surface area contributed by atoms with Crippen LogP contribution in [0.4, 0.5) is 34.6 Å². The van der Waals surface area contributed by atoms with Gasteiger partial charge in [-0.25, -0.2) is 36.8 Å². The molecule has 19 nitrogen and oxygen atoms in total. The van der Waals surface area contributed by atoms with Crippen molar-refractivity contribution in [1.82, 2.24) is 24.9 Å². The molecule has 318 valence electrons. The number of hydrogen-bond donors (Lipinski definition) is 3. The number of para-hydroxylation sites is 1. The Morgan fingerprint density at radius 1 is 0.694 bits per heavy atom. The Morgan fingerprint density at radius 3 is 2.03 bits per heavy atom. The number of rotatable bonds is 12. The average Bonchev–Trinajstić information content (AvgIpc) is 3.90. The molecule has 2 amide bonds.